The van der Waals surface area contributed by atoms with Crippen LogP contribution < -0.4 is 34.5 Å². The lowest BCUT2D eigenvalue weighted by Crippen LogP contribution is -2.63. The SMILES string of the molecule is CCC(C(=O)[O-])[N+]1(C)CCc2cc(OC)c3cc2C1Cc1ccc(cc1)Oc1cc(ccc1OC)CC1c2c(cc(OC)c(N)c2O3)CCN1C. The van der Waals surface area contributed by atoms with Crippen molar-refractivity contribution >= 4 is 11.7 Å². The van der Waals surface area contributed by atoms with Gasteiger partial charge in [0.2, 0.25) is 0 Å². The van der Waals surface area contributed by atoms with Crippen molar-refractivity contribution in [1.82, 2.24) is 4.90 Å². The molecule has 51 heavy (non-hydrogen) atoms. The van der Waals surface area contributed by atoms with Gasteiger partial charge < -0.3 is 43.8 Å². The minimum atomic E-state index is -1.04. The molecule has 4 aliphatic rings. The van der Waals surface area contributed by atoms with Crippen LogP contribution in [0.4, 0.5) is 5.69 Å². The van der Waals surface area contributed by atoms with Gasteiger partial charge in [-0.25, -0.2) is 0 Å². The summed E-state index contributed by atoms with van der Waals surface area (Å²) in [6, 6.07) is 19.2. The molecule has 4 aromatic rings. The number of likely N-dealkylation sites (N-methyl/N-ethyl adjacent to an activating group) is 2. The molecule has 4 heterocycles. The predicted octanol–water partition coefficient (Wildman–Crippen LogP) is 5.78. The summed E-state index contributed by atoms with van der Waals surface area (Å²) in [4.78, 5) is 15.0. The Morgan fingerprint density at radius 2 is 1.59 bits per heavy atom. The topological polar surface area (TPSA) is 116 Å². The number of carbonyl (C=O) groups is 1. The fraction of sp³-hybridized carbons (Fsp3) is 0.390. The minimum Gasteiger partial charge on any atom is -0.544 e. The van der Waals surface area contributed by atoms with E-state index in [1.165, 1.54) is 0 Å². The summed E-state index contributed by atoms with van der Waals surface area (Å²) in [5.74, 6) is 3.08. The van der Waals surface area contributed by atoms with Crippen molar-refractivity contribution in [3.05, 3.63) is 94.0 Å². The van der Waals surface area contributed by atoms with E-state index in [-0.39, 0.29) is 12.1 Å². The Morgan fingerprint density at radius 3 is 2.27 bits per heavy atom. The molecule has 0 amide bonds. The molecule has 10 heteroatoms. The first-order chi connectivity index (χ1) is 24.6. The minimum absolute atomic E-state index is 0.0823. The molecule has 0 radical (unpaired) electrons. The highest BCUT2D eigenvalue weighted by molar-refractivity contribution is 5.71. The van der Waals surface area contributed by atoms with Crippen molar-refractivity contribution in [2.45, 2.75) is 57.2 Å². The number of anilines is 1. The van der Waals surface area contributed by atoms with E-state index in [2.05, 4.69) is 30.1 Å². The van der Waals surface area contributed by atoms with E-state index in [1.54, 1.807) is 21.3 Å². The number of benzene rings is 4. The van der Waals surface area contributed by atoms with Crippen LogP contribution in [0.5, 0.6) is 40.2 Å². The first kappa shape index (κ1) is 34.5. The van der Waals surface area contributed by atoms with E-state index in [4.69, 9.17) is 29.4 Å². The molecule has 10 nitrogen and oxygen atoms in total. The van der Waals surface area contributed by atoms with Gasteiger partial charge in [-0.2, -0.15) is 0 Å². The van der Waals surface area contributed by atoms with Crippen molar-refractivity contribution in [1.29, 1.82) is 0 Å². The standard InChI is InChI=1S/C41H47N3O7/c1-7-31(41(45)46)44(3)17-15-26-21-34(48-5)36-23-29(26)32(44)19-24-8-11-28(12-9-24)50-35-20-25(10-13-33(35)47-4)18-30-38-27(14-16-43(30)2)22-37(49-6)39(42)40(38)51-36/h8-13,20-23,30-32H,7,14-19,42H2,1-6H3. The van der Waals surface area contributed by atoms with Gasteiger partial charge in [0.1, 0.15) is 29.3 Å². The number of quaternary nitrogens is 1. The van der Waals surface area contributed by atoms with Gasteiger partial charge in [0.15, 0.2) is 28.7 Å². The number of hydrogen-bond donors (Lipinski definition) is 1. The van der Waals surface area contributed by atoms with E-state index >= 15 is 0 Å². The molecule has 0 spiro atoms. The molecule has 0 saturated heterocycles. The molecular formula is C41H47N3O7. The molecule has 0 fully saturated rings. The molecule has 268 valence electrons. The summed E-state index contributed by atoms with van der Waals surface area (Å²) >= 11 is 0. The van der Waals surface area contributed by atoms with Gasteiger partial charge in [0.05, 0.1) is 40.9 Å². The van der Waals surface area contributed by atoms with E-state index in [0.717, 1.165) is 46.3 Å². The lowest BCUT2D eigenvalue weighted by Gasteiger charge is -2.50. The van der Waals surface area contributed by atoms with Crippen LogP contribution >= 0.6 is 0 Å². The van der Waals surface area contributed by atoms with Crippen LogP contribution in [0.2, 0.25) is 0 Å². The number of aliphatic carboxylic acids is 1. The van der Waals surface area contributed by atoms with Crippen LogP contribution in [0, 0.1) is 0 Å². The van der Waals surface area contributed by atoms with Crippen LogP contribution in [0.3, 0.4) is 0 Å². The highest BCUT2D eigenvalue weighted by atomic mass is 16.5. The molecule has 2 N–H and O–H groups in total. The van der Waals surface area contributed by atoms with E-state index < -0.39 is 12.0 Å². The van der Waals surface area contributed by atoms with Crippen molar-refractivity contribution in [2.24, 2.45) is 0 Å². The second kappa shape index (κ2) is 13.7. The predicted molar refractivity (Wildman–Crippen MR) is 193 cm³/mol. The molecular weight excluding hydrogens is 646 g/mol. The molecule has 4 atom stereocenters. The molecule has 4 aromatic carbocycles. The van der Waals surface area contributed by atoms with Crippen molar-refractivity contribution in [3.63, 3.8) is 0 Å². The highest BCUT2D eigenvalue weighted by Crippen LogP contribution is 2.51. The number of methoxy groups -OCH3 is 3. The van der Waals surface area contributed by atoms with Gasteiger partial charge >= 0.3 is 0 Å². The van der Waals surface area contributed by atoms with Gasteiger partial charge in [-0.05, 0) is 84.6 Å². The Bertz CT molecular complexity index is 1960. The third kappa shape index (κ3) is 6.10. The molecule has 0 aliphatic carbocycles. The zero-order valence-corrected chi connectivity index (χ0v) is 30.3. The molecule has 4 aliphatic heterocycles. The van der Waals surface area contributed by atoms with Crippen LogP contribution in [0.1, 0.15) is 58.8 Å². The Morgan fingerprint density at radius 1 is 0.902 bits per heavy atom. The second-order valence-corrected chi connectivity index (χ2v) is 14.2. The van der Waals surface area contributed by atoms with Crippen molar-refractivity contribution < 1.29 is 38.1 Å². The van der Waals surface area contributed by atoms with E-state index in [9.17, 15) is 9.90 Å². The summed E-state index contributed by atoms with van der Waals surface area (Å²) in [7, 11) is 9.07. The quantitative estimate of drug-likeness (QED) is 0.198. The molecule has 8 rings (SSSR count). The number of rotatable bonds is 6. The fourth-order valence-electron chi connectivity index (χ4n) is 8.54. The van der Waals surface area contributed by atoms with Crippen molar-refractivity contribution in [2.75, 3.05) is 54.2 Å². The van der Waals surface area contributed by atoms with E-state index in [1.807, 2.05) is 56.4 Å². The molecule has 0 saturated carbocycles. The number of nitrogens with two attached hydrogens (primary N) is 1. The number of carboxylic acids is 1. The van der Waals surface area contributed by atoms with Crippen LogP contribution in [-0.2, 0) is 30.5 Å². The first-order valence-electron chi connectivity index (χ1n) is 17.7. The number of ether oxygens (including phenoxy) is 5. The molecule has 0 aromatic heterocycles. The Kier molecular flexibility index (Phi) is 9.24. The Hall–Kier alpha value is -4.93. The van der Waals surface area contributed by atoms with Crippen LogP contribution in [-0.4, -0.2) is 69.9 Å². The average Bonchev–Trinajstić information content (AvgIpc) is 3.12. The number of hydrogen-bond acceptors (Lipinski definition) is 9. The second-order valence-electron chi connectivity index (χ2n) is 14.2. The summed E-state index contributed by atoms with van der Waals surface area (Å²) < 4.78 is 31.2. The van der Waals surface area contributed by atoms with Crippen LogP contribution in [0.25, 0.3) is 0 Å². The largest absolute Gasteiger partial charge is 0.544 e. The summed E-state index contributed by atoms with van der Waals surface area (Å²) in [6.45, 7) is 3.39. The summed E-state index contributed by atoms with van der Waals surface area (Å²) in [5, 5.41) is 12.7. The Balaban J connectivity index is 1.48. The number of carboxylic acid groups (broad SMARTS) is 1. The third-order valence-corrected chi connectivity index (χ3v) is 11.4. The summed E-state index contributed by atoms with van der Waals surface area (Å²) in [6.07, 6.45) is 3.16. The van der Waals surface area contributed by atoms with Crippen LogP contribution in [0.15, 0.2) is 60.7 Å². The van der Waals surface area contributed by atoms with Gasteiger partial charge in [-0.1, -0.05) is 25.1 Å². The van der Waals surface area contributed by atoms with Gasteiger partial charge in [0.25, 0.3) is 0 Å². The number of fused-ring (bicyclic) bond motifs is 2. The Labute approximate surface area is 299 Å². The normalized spacial score (nSPS) is 21.6. The zero-order valence-electron chi connectivity index (χ0n) is 30.3. The number of carbonyl (C=O) groups excluding carboxylic acids is 1. The maximum absolute atomic E-state index is 12.7. The maximum atomic E-state index is 12.7. The maximum Gasteiger partial charge on any atom is 0.169 e. The average molecular weight is 694 g/mol. The summed E-state index contributed by atoms with van der Waals surface area (Å²) in [5.41, 5.74) is 13.7. The lowest BCUT2D eigenvalue weighted by molar-refractivity contribution is -0.958. The number of nitrogen functional groups attached to an aromatic ring is 1. The smallest absolute Gasteiger partial charge is 0.169 e. The highest BCUT2D eigenvalue weighted by Gasteiger charge is 2.45. The van der Waals surface area contributed by atoms with Gasteiger partial charge in [0, 0.05) is 43.0 Å². The molecule has 4 unspecified atom stereocenters. The third-order valence-electron chi connectivity index (χ3n) is 11.4. The first-order valence-corrected chi connectivity index (χ1v) is 17.7. The monoisotopic (exact) mass is 693 g/mol. The van der Waals surface area contributed by atoms with Gasteiger partial charge in [-0.3, -0.25) is 4.90 Å². The van der Waals surface area contributed by atoms with Gasteiger partial charge in [-0.15, -0.1) is 0 Å². The zero-order chi connectivity index (χ0) is 36.0. The number of nitrogens with zero attached hydrogens (tertiary/aromatic N) is 2. The van der Waals surface area contributed by atoms with E-state index in [0.29, 0.717) is 82.6 Å². The van der Waals surface area contributed by atoms with Crippen molar-refractivity contribution in [3.8, 4) is 40.2 Å². The molecule has 6 bridgehead atoms. The lowest BCUT2D eigenvalue weighted by atomic mass is 9.84. The fourth-order valence-corrected chi connectivity index (χ4v) is 8.54.